The third-order valence-electron chi connectivity index (χ3n) is 6.59. The Kier molecular flexibility index (Phi) is 7.94. The molecule has 2 aromatic carbocycles. The third-order valence-corrected chi connectivity index (χ3v) is 6.59. The number of rotatable bonds is 5. The van der Waals surface area contributed by atoms with Crippen LogP contribution in [0.1, 0.15) is 47.9 Å². The molecule has 0 radical (unpaired) electrons. The standard InChI is InChI=1S/C28H37N5O3/c1-28(2,3)20-25(34)32-17-15-31(16-18-32)24-10-9-22(27(36)33-13-11-29-12-14-33)19-23(24)30-26(35)21-7-5-4-6-8-21/h4-10,19,29H,11-18,20H2,1-3H3,(H,30,35). The predicted molar refractivity (Wildman–Crippen MR) is 142 cm³/mol. The van der Waals surface area contributed by atoms with Gasteiger partial charge < -0.3 is 25.3 Å². The molecule has 2 heterocycles. The number of nitrogens with one attached hydrogen (secondary N) is 2. The van der Waals surface area contributed by atoms with Crippen molar-refractivity contribution in [2.24, 2.45) is 5.41 Å². The number of benzene rings is 2. The number of hydrogen-bond acceptors (Lipinski definition) is 5. The monoisotopic (exact) mass is 491 g/mol. The zero-order valence-electron chi connectivity index (χ0n) is 21.5. The van der Waals surface area contributed by atoms with Crippen LogP contribution in [0.4, 0.5) is 11.4 Å². The number of nitrogens with zero attached hydrogens (tertiary/aromatic N) is 3. The first-order valence-corrected chi connectivity index (χ1v) is 12.7. The molecule has 36 heavy (non-hydrogen) atoms. The van der Waals surface area contributed by atoms with Gasteiger partial charge in [-0.2, -0.15) is 0 Å². The molecule has 2 fully saturated rings. The van der Waals surface area contributed by atoms with Gasteiger partial charge in [-0.05, 0) is 35.7 Å². The Labute approximate surface area is 213 Å². The van der Waals surface area contributed by atoms with Gasteiger partial charge in [-0.3, -0.25) is 14.4 Å². The highest BCUT2D eigenvalue weighted by atomic mass is 16.2. The highest BCUT2D eigenvalue weighted by Crippen LogP contribution is 2.30. The maximum atomic E-state index is 13.2. The van der Waals surface area contributed by atoms with Crippen LogP contribution in [0.3, 0.4) is 0 Å². The second-order valence-electron chi connectivity index (χ2n) is 10.7. The Morgan fingerprint density at radius 3 is 2.14 bits per heavy atom. The van der Waals surface area contributed by atoms with E-state index in [2.05, 4.69) is 36.3 Å². The van der Waals surface area contributed by atoms with Gasteiger partial charge in [-0.1, -0.05) is 39.0 Å². The molecule has 0 spiro atoms. The van der Waals surface area contributed by atoms with E-state index < -0.39 is 0 Å². The minimum absolute atomic E-state index is 0.0316. The summed E-state index contributed by atoms with van der Waals surface area (Å²) in [4.78, 5) is 44.8. The first kappa shape index (κ1) is 25.7. The molecule has 0 unspecified atom stereocenters. The summed E-state index contributed by atoms with van der Waals surface area (Å²) in [6, 6.07) is 14.6. The van der Waals surface area contributed by atoms with Gasteiger partial charge >= 0.3 is 0 Å². The van der Waals surface area contributed by atoms with Gasteiger partial charge in [0.25, 0.3) is 11.8 Å². The van der Waals surface area contributed by atoms with Crippen LogP contribution in [0.25, 0.3) is 0 Å². The smallest absolute Gasteiger partial charge is 0.255 e. The topological polar surface area (TPSA) is 85.0 Å². The minimum atomic E-state index is -0.220. The predicted octanol–water partition coefficient (Wildman–Crippen LogP) is 3.07. The molecule has 0 saturated carbocycles. The van der Waals surface area contributed by atoms with Gasteiger partial charge in [0.05, 0.1) is 11.4 Å². The molecule has 0 atom stereocenters. The number of carbonyl (C=O) groups is 3. The van der Waals surface area contributed by atoms with Crippen molar-refractivity contribution in [3.05, 3.63) is 59.7 Å². The molecule has 2 N–H and O–H groups in total. The zero-order chi connectivity index (χ0) is 25.7. The van der Waals surface area contributed by atoms with Gasteiger partial charge in [0.1, 0.15) is 0 Å². The lowest BCUT2D eigenvalue weighted by Gasteiger charge is -2.38. The second-order valence-corrected chi connectivity index (χ2v) is 10.7. The number of anilines is 2. The normalized spacial score (nSPS) is 16.6. The van der Waals surface area contributed by atoms with Crippen LogP contribution in [-0.2, 0) is 4.79 Å². The summed E-state index contributed by atoms with van der Waals surface area (Å²) < 4.78 is 0. The summed E-state index contributed by atoms with van der Waals surface area (Å²) in [5, 5.41) is 6.31. The molecule has 8 nitrogen and oxygen atoms in total. The Morgan fingerprint density at radius 1 is 0.833 bits per heavy atom. The van der Waals surface area contributed by atoms with E-state index >= 15 is 0 Å². The molecule has 3 amide bonds. The molecule has 4 rings (SSSR count). The first-order valence-electron chi connectivity index (χ1n) is 12.7. The van der Waals surface area contributed by atoms with E-state index in [0.29, 0.717) is 62.5 Å². The van der Waals surface area contributed by atoms with Crippen molar-refractivity contribution in [3.8, 4) is 0 Å². The average Bonchev–Trinajstić information content (AvgIpc) is 2.88. The van der Waals surface area contributed by atoms with Crippen LogP contribution in [-0.4, -0.2) is 79.9 Å². The van der Waals surface area contributed by atoms with E-state index in [9.17, 15) is 14.4 Å². The molecule has 2 saturated heterocycles. The number of piperazine rings is 2. The number of carbonyl (C=O) groups excluding carboxylic acids is 3. The Bertz CT molecular complexity index is 1080. The van der Waals surface area contributed by atoms with Crippen LogP contribution < -0.4 is 15.5 Å². The molecular weight excluding hydrogens is 454 g/mol. The fourth-order valence-electron chi connectivity index (χ4n) is 4.64. The summed E-state index contributed by atoms with van der Waals surface area (Å²) in [6.45, 7) is 11.7. The fourth-order valence-corrected chi connectivity index (χ4v) is 4.64. The fraction of sp³-hybridized carbons (Fsp3) is 0.464. The zero-order valence-corrected chi connectivity index (χ0v) is 21.5. The maximum absolute atomic E-state index is 13.2. The van der Waals surface area contributed by atoms with Gasteiger partial charge in [0.15, 0.2) is 0 Å². The Hall–Kier alpha value is -3.39. The van der Waals surface area contributed by atoms with Crippen LogP contribution >= 0.6 is 0 Å². The van der Waals surface area contributed by atoms with Crippen molar-refractivity contribution in [2.75, 3.05) is 62.6 Å². The van der Waals surface area contributed by atoms with Gasteiger partial charge in [-0.15, -0.1) is 0 Å². The minimum Gasteiger partial charge on any atom is -0.366 e. The largest absolute Gasteiger partial charge is 0.366 e. The quantitative estimate of drug-likeness (QED) is 0.672. The van der Waals surface area contributed by atoms with Crippen LogP contribution in [0.15, 0.2) is 48.5 Å². The van der Waals surface area contributed by atoms with Crippen molar-refractivity contribution in [3.63, 3.8) is 0 Å². The molecule has 0 bridgehead atoms. The number of hydrogen-bond donors (Lipinski definition) is 2. The molecule has 192 valence electrons. The van der Waals surface area contributed by atoms with Crippen LogP contribution in [0, 0.1) is 5.41 Å². The summed E-state index contributed by atoms with van der Waals surface area (Å²) in [5.74, 6) is -0.0739. The van der Waals surface area contributed by atoms with E-state index in [1.165, 1.54) is 0 Å². The van der Waals surface area contributed by atoms with Crippen LogP contribution in [0.5, 0.6) is 0 Å². The van der Waals surface area contributed by atoms with Gasteiger partial charge in [-0.25, -0.2) is 0 Å². The van der Waals surface area contributed by atoms with E-state index in [-0.39, 0.29) is 23.1 Å². The average molecular weight is 492 g/mol. The molecule has 2 aromatic rings. The van der Waals surface area contributed by atoms with Crippen molar-refractivity contribution in [1.29, 1.82) is 0 Å². The molecule has 0 aromatic heterocycles. The van der Waals surface area contributed by atoms with Crippen molar-refractivity contribution < 1.29 is 14.4 Å². The second kappa shape index (κ2) is 11.1. The lowest BCUT2D eigenvalue weighted by molar-refractivity contribution is -0.133. The van der Waals surface area contributed by atoms with E-state index in [0.717, 1.165) is 18.8 Å². The Morgan fingerprint density at radius 2 is 1.50 bits per heavy atom. The summed E-state index contributed by atoms with van der Waals surface area (Å²) in [7, 11) is 0. The highest BCUT2D eigenvalue weighted by molar-refractivity contribution is 6.07. The lowest BCUT2D eigenvalue weighted by atomic mass is 9.91. The van der Waals surface area contributed by atoms with Crippen LogP contribution in [0.2, 0.25) is 0 Å². The molecule has 0 aliphatic carbocycles. The molecular formula is C28H37N5O3. The first-order chi connectivity index (χ1) is 17.2. The summed E-state index contributed by atoms with van der Waals surface area (Å²) in [6.07, 6.45) is 0.522. The van der Waals surface area contributed by atoms with E-state index in [4.69, 9.17) is 0 Å². The SMILES string of the molecule is CC(C)(C)CC(=O)N1CCN(c2ccc(C(=O)N3CCNCC3)cc2NC(=O)c2ccccc2)CC1. The molecule has 8 heteroatoms. The van der Waals surface area contributed by atoms with Crippen molar-refractivity contribution >= 4 is 29.1 Å². The molecule has 2 aliphatic heterocycles. The molecule has 2 aliphatic rings. The third kappa shape index (κ3) is 6.43. The highest BCUT2D eigenvalue weighted by Gasteiger charge is 2.27. The van der Waals surface area contributed by atoms with E-state index in [1.807, 2.05) is 40.1 Å². The van der Waals surface area contributed by atoms with E-state index in [1.54, 1.807) is 18.2 Å². The Balaban J connectivity index is 1.54. The summed E-state index contributed by atoms with van der Waals surface area (Å²) >= 11 is 0. The van der Waals surface area contributed by atoms with Crippen molar-refractivity contribution in [1.82, 2.24) is 15.1 Å². The number of amides is 3. The van der Waals surface area contributed by atoms with Crippen molar-refractivity contribution in [2.45, 2.75) is 27.2 Å². The summed E-state index contributed by atoms with van der Waals surface area (Å²) in [5.41, 5.74) is 2.54. The lowest BCUT2D eigenvalue weighted by Crippen LogP contribution is -2.49. The maximum Gasteiger partial charge on any atom is 0.255 e. The van der Waals surface area contributed by atoms with Gasteiger partial charge in [0.2, 0.25) is 5.91 Å². The van der Waals surface area contributed by atoms with Gasteiger partial charge in [0, 0.05) is 69.9 Å².